The van der Waals surface area contributed by atoms with Crippen LogP contribution >= 0.6 is 12.2 Å². The molecular weight excluding hydrogens is 204 g/mol. The Morgan fingerprint density at radius 1 is 1.31 bits per heavy atom. The van der Waals surface area contributed by atoms with Crippen molar-refractivity contribution in [1.82, 2.24) is 0 Å². The molecule has 0 saturated carbocycles. The fraction of sp³-hybridized carbons (Fsp3) is 0.875. The Morgan fingerprint density at radius 3 is 2.08 bits per heavy atom. The lowest BCUT2D eigenvalue weighted by Crippen LogP contribution is -2.38. The van der Waals surface area contributed by atoms with E-state index in [2.05, 4.69) is 0 Å². The van der Waals surface area contributed by atoms with Crippen LogP contribution in [0.25, 0.3) is 0 Å². The zero-order valence-electron chi connectivity index (χ0n) is 8.70. The van der Waals surface area contributed by atoms with Crippen molar-refractivity contribution in [3.05, 3.63) is 0 Å². The van der Waals surface area contributed by atoms with Gasteiger partial charge in [-0.05, 0) is 33.0 Å². The van der Waals surface area contributed by atoms with Crippen molar-refractivity contribution in [2.45, 2.75) is 33.4 Å². The summed E-state index contributed by atoms with van der Waals surface area (Å²) in [6, 6.07) is 0. The molecule has 3 nitrogen and oxygen atoms in total. The fourth-order valence-electron chi connectivity index (χ4n) is 0.965. The number of thiocarbonyl (C=S) groups is 1. The topological polar surface area (TPSA) is 27.7 Å². The number of hydrogen-bond acceptors (Lipinski definition) is 4. The number of hydrogen-bond donors (Lipinski definition) is 0. The van der Waals surface area contributed by atoms with Gasteiger partial charge in [0.25, 0.3) is 0 Å². The molecule has 0 aliphatic carbocycles. The van der Waals surface area contributed by atoms with E-state index < -0.39 is 9.28 Å². The van der Waals surface area contributed by atoms with E-state index >= 15 is 0 Å². The van der Waals surface area contributed by atoms with Crippen LogP contribution in [-0.2, 0) is 13.6 Å². The molecule has 1 unspecified atom stereocenters. The van der Waals surface area contributed by atoms with E-state index in [1.165, 1.54) is 0 Å². The van der Waals surface area contributed by atoms with Crippen LogP contribution in [0.15, 0.2) is 0 Å². The number of rotatable bonds is 6. The average molecular weight is 222 g/mol. The quantitative estimate of drug-likeness (QED) is 0.504. The van der Waals surface area contributed by atoms with Gasteiger partial charge in [-0.25, -0.2) is 0 Å². The minimum atomic E-state index is -1.69. The van der Waals surface area contributed by atoms with Crippen molar-refractivity contribution >= 4 is 26.6 Å². The molecule has 0 aliphatic heterocycles. The van der Waals surface area contributed by atoms with Crippen LogP contribution in [0.1, 0.15) is 27.7 Å². The predicted octanol–water partition coefficient (Wildman–Crippen LogP) is 1.57. The molecule has 0 fully saturated rings. The zero-order valence-corrected chi connectivity index (χ0v) is 10.7. The summed E-state index contributed by atoms with van der Waals surface area (Å²) in [7, 11) is -1.69. The van der Waals surface area contributed by atoms with Gasteiger partial charge in [0, 0.05) is 20.1 Å². The monoisotopic (exact) mass is 222 g/mol. The highest BCUT2D eigenvalue weighted by molar-refractivity contribution is 7.80. The predicted molar refractivity (Wildman–Crippen MR) is 59.2 cm³/mol. The van der Waals surface area contributed by atoms with E-state index in [1.54, 1.807) is 6.92 Å². The molecule has 0 heterocycles. The lowest BCUT2D eigenvalue weighted by Gasteiger charge is -2.21. The van der Waals surface area contributed by atoms with Crippen molar-refractivity contribution in [1.29, 1.82) is 0 Å². The molecule has 0 spiro atoms. The molecule has 0 aromatic carbocycles. The van der Waals surface area contributed by atoms with E-state index in [4.69, 9.17) is 25.8 Å². The molecule has 0 N–H and O–H groups in total. The molecule has 78 valence electrons. The average Bonchev–Trinajstić information content (AvgIpc) is 2.02. The second-order valence-electron chi connectivity index (χ2n) is 2.59. The normalized spacial score (nSPS) is 13.0. The Labute approximate surface area is 87.2 Å². The van der Waals surface area contributed by atoms with E-state index in [0.717, 1.165) is 0 Å². The van der Waals surface area contributed by atoms with E-state index in [1.807, 2.05) is 20.8 Å². The third-order valence-electron chi connectivity index (χ3n) is 1.40. The second-order valence-corrected chi connectivity index (χ2v) is 5.51. The first-order chi connectivity index (χ1) is 6.11. The molecule has 0 aromatic heterocycles. The van der Waals surface area contributed by atoms with Crippen LogP contribution in [0.2, 0.25) is 0 Å². The smallest absolute Gasteiger partial charge is 0.363 e. The summed E-state index contributed by atoms with van der Waals surface area (Å²) in [5, 5.41) is 0.546. The van der Waals surface area contributed by atoms with Gasteiger partial charge in [0.05, 0.1) is 0 Å². The first-order valence-electron chi connectivity index (χ1n) is 4.52. The van der Waals surface area contributed by atoms with Crippen LogP contribution in [-0.4, -0.2) is 33.3 Å². The molecule has 13 heavy (non-hydrogen) atoms. The lowest BCUT2D eigenvalue weighted by molar-refractivity contribution is 0.153. The van der Waals surface area contributed by atoms with Crippen LogP contribution in [0, 0.1) is 0 Å². The Morgan fingerprint density at radius 2 is 1.77 bits per heavy atom. The van der Waals surface area contributed by atoms with Crippen molar-refractivity contribution in [3.8, 4) is 0 Å². The van der Waals surface area contributed by atoms with E-state index in [9.17, 15) is 0 Å². The van der Waals surface area contributed by atoms with Gasteiger partial charge in [-0.3, -0.25) is 0 Å². The Balaban J connectivity index is 3.93. The highest BCUT2D eigenvalue weighted by atomic mass is 32.1. The van der Waals surface area contributed by atoms with Crippen molar-refractivity contribution in [2.24, 2.45) is 0 Å². The molecule has 0 saturated heterocycles. The molecule has 5 heteroatoms. The highest BCUT2D eigenvalue weighted by Gasteiger charge is 2.23. The van der Waals surface area contributed by atoms with Gasteiger partial charge < -0.3 is 13.6 Å². The maximum absolute atomic E-state index is 5.48. The molecule has 1 atom stereocenters. The summed E-state index contributed by atoms with van der Waals surface area (Å²) in [4.78, 5) is 0. The standard InChI is InChI=1S/C8H18O3SSi/c1-5-9-13(10-6-2)8(4)11-7(3)12/h8,13H,5-6H2,1-4H3. The van der Waals surface area contributed by atoms with Gasteiger partial charge in [-0.2, -0.15) is 0 Å². The number of ether oxygens (including phenoxy) is 1. The van der Waals surface area contributed by atoms with Gasteiger partial charge in [0.15, 0.2) is 5.05 Å². The van der Waals surface area contributed by atoms with Gasteiger partial charge >= 0.3 is 9.28 Å². The summed E-state index contributed by atoms with van der Waals surface area (Å²) < 4.78 is 16.3. The summed E-state index contributed by atoms with van der Waals surface area (Å²) in [6.07, 6.45) is 0. The fourth-order valence-corrected chi connectivity index (χ4v) is 2.83. The summed E-state index contributed by atoms with van der Waals surface area (Å²) >= 11 is 4.85. The first-order valence-corrected chi connectivity index (χ1v) is 6.54. The Kier molecular flexibility index (Phi) is 7.45. The molecule has 0 radical (unpaired) electrons. The molecule has 0 amide bonds. The van der Waals surface area contributed by atoms with Crippen LogP contribution < -0.4 is 0 Å². The molecule has 0 bridgehead atoms. The van der Waals surface area contributed by atoms with Gasteiger partial charge in [-0.1, -0.05) is 0 Å². The third kappa shape index (κ3) is 6.15. The zero-order chi connectivity index (χ0) is 10.3. The Hall–Kier alpha value is 0.0269. The van der Waals surface area contributed by atoms with Crippen molar-refractivity contribution in [2.75, 3.05) is 13.2 Å². The van der Waals surface area contributed by atoms with Crippen LogP contribution in [0.5, 0.6) is 0 Å². The minimum absolute atomic E-state index is 0.0163. The molecular formula is C8H18O3SSi. The summed E-state index contributed by atoms with van der Waals surface area (Å²) in [5.41, 5.74) is -0.0163. The third-order valence-corrected chi connectivity index (χ3v) is 3.72. The van der Waals surface area contributed by atoms with Gasteiger partial charge in [0.1, 0.15) is 5.73 Å². The van der Waals surface area contributed by atoms with Crippen molar-refractivity contribution < 1.29 is 13.6 Å². The van der Waals surface area contributed by atoms with Gasteiger partial charge in [-0.15, -0.1) is 0 Å². The van der Waals surface area contributed by atoms with Crippen LogP contribution in [0.4, 0.5) is 0 Å². The van der Waals surface area contributed by atoms with E-state index in [0.29, 0.717) is 18.3 Å². The SMILES string of the molecule is CCO[SiH](OCC)C(C)OC(C)=S. The molecule has 0 rings (SSSR count). The highest BCUT2D eigenvalue weighted by Crippen LogP contribution is 2.02. The summed E-state index contributed by atoms with van der Waals surface area (Å²) in [6.45, 7) is 8.95. The maximum atomic E-state index is 5.48. The van der Waals surface area contributed by atoms with Gasteiger partial charge in [0.2, 0.25) is 0 Å². The maximum Gasteiger partial charge on any atom is 0.363 e. The molecule has 0 aliphatic rings. The largest absolute Gasteiger partial charge is 0.483 e. The van der Waals surface area contributed by atoms with E-state index in [-0.39, 0.29) is 5.73 Å². The van der Waals surface area contributed by atoms with Crippen LogP contribution in [0.3, 0.4) is 0 Å². The first kappa shape index (κ1) is 13.0. The minimum Gasteiger partial charge on any atom is -0.483 e. The van der Waals surface area contributed by atoms with Crippen molar-refractivity contribution in [3.63, 3.8) is 0 Å². The Bertz CT molecular complexity index is 148. The lowest BCUT2D eigenvalue weighted by atomic mass is 10.8. The second kappa shape index (κ2) is 7.43. The molecule has 0 aromatic rings. The summed E-state index contributed by atoms with van der Waals surface area (Å²) in [5.74, 6) is 0.